The Bertz CT molecular complexity index is 5790. The molecule has 2 aromatic heterocycles. The summed E-state index contributed by atoms with van der Waals surface area (Å²) in [7, 11) is -29.8. The van der Waals surface area contributed by atoms with Gasteiger partial charge in [-0.3, -0.25) is 22.8 Å². The lowest BCUT2D eigenvalue weighted by Gasteiger charge is -2.16. The Hall–Kier alpha value is -8.94. The van der Waals surface area contributed by atoms with Gasteiger partial charge in [-0.05, 0) is 118 Å². The van der Waals surface area contributed by atoms with Crippen molar-refractivity contribution in [3.8, 4) is 11.5 Å². The van der Waals surface area contributed by atoms with E-state index in [9.17, 15) is 78.9 Å². The lowest BCUT2D eigenvalue weighted by atomic mass is 10.1. The SMILES string of the molecule is O=S(=O)(O)OCCS(=O)(=O)c1cccc(Nc2nc(Cl)nc(Nc3cc(S(=O)(=O)O)cc4cc(SOOO)c(N=Nc5cc(Nc6nc(Cl)nc(Nc7cc(S(=O)(=O)O)cc8cc(SOOO)c(N=Nc9ccc%10ccccc%10c9S(=O)(=O)O)c(O)c78)n6)ccc5S(=O)(=O)O)c(O)c34)n2)c1. The van der Waals surface area contributed by atoms with Gasteiger partial charge in [0.2, 0.25) is 34.4 Å². The Labute approximate surface area is 578 Å². The number of sulfone groups is 1. The topological polar surface area (TPSA) is 608 Å². The number of phenolic OH excluding ortho intramolecular Hbond substituents is 2. The van der Waals surface area contributed by atoms with Crippen molar-refractivity contribution < 1.29 is 117 Å². The fourth-order valence-corrected chi connectivity index (χ4v) is 14.4. The molecule has 0 atom stereocenters. The van der Waals surface area contributed by atoms with E-state index in [0.29, 0.717) is 5.39 Å². The standard InChI is InChI=1S/C50H36Cl2N14O26S8/c51-45-57-47(53-25-5-3-6-27(18-25)95(71,72)13-12-88-100(85,86)87)61-49(59-45)55-34-21-29(97(76,77)78)15-24-17-36(94-92-90-70)41(43(68)39(24)34)66-64-32-19-26(9-11-37(32)98(79,80)81)54-48-58-46(52)60-50(62-48)56-33-20-28(96(73,74)75)14-23-16-35(93-91-89-69)40(42(67)38(23)33)65-63-31-10-8-22-4-1-2-7-30(22)44(31)99(82,83)84/h1-11,14-21,67-70H,12-13H2,(H,73,74,75)(H,76,77,78)(H,79,80,81)(H,82,83,84)(H,85,86,87)(H2,53,55,57,59,61)(H2,54,56,58,60,62). The molecule has 13 N–H and O–H groups in total. The number of anilines is 8. The highest BCUT2D eigenvalue weighted by Crippen LogP contribution is 2.50. The molecule has 0 radical (unpaired) electrons. The van der Waals surface area contributed by atoms with Crippen molar-refractivity contribution in [2.75, 3.05) is 33.6 Å². The number of aromatic hydroxyl groups is 2. The summed E-state index contributed by atoms with van der Waals surface area (Å²) >= 11 is 12.9. The molecule has 524 valence electrons. The van der Waals surface area contributed by atoms with Crippen LogP contribution in [0.3, 0.4) is 0 Å². The fraction of sp³-hybridized carbons (Fsp3) is 0.0400. The van der Waals surface area contributed by atoms with E-state index in [2.05, 4.69) is 94.6 Å². The van der Waals surface area contributed by atoms with Crippen LogP contribution in [0.4, 0.5) is 69.3 Å². The van der Waals surface area contributed by atoms with Crippen LogP contribution in [-0.2, 0) is 83.6 Å². The summed E-state index contributed by atoms with van der Waals surface area (Å²) in [5, 5.41) is 74.1. The first kappa shape index (κ1) is 73.8. The third-order valence-corrected chi connectivity index (χ3v) is 20.2. The molecule has 0 fully saturated rings. The molecule has 50 heteroatoms. The van der Waals surface area contributed by atoms with Gasteiger partial charge in [0.05, 0.1) is 72.3 Å². The molecule has 0 aliphatic carbocycles. The largest absolute Gasteiger partial charge is 0.505 e. The smallest absolute Gasteiger partial charge is 0.397 e. The van der Waals surface area contributed by atoms with Crippen LogP contribution < -0.4 is 21.3 Å². The maximum Gasteiger partial charge on any atom is 0.397 e. The molecular formula is C50H36Cl2N14O26S8. The van der Waals surface area contributed by atoms with Crippen molar-refractivity contribution in [1.29, 1.82) is 0 Å². The summed E-state index contributed by atoms with van der Waals surface area (Å²) in [5.41, 5.74) is -3.66. The highest BCUT2D eigenvalue weighted by Gasteiger charge is 2.28. The van der Waals surface area contributed by atoms with Crippen molar-refractivity contribution in [3.05, 3.63) is 126 Å². The predicted molar refractivity (Wildman–Crippen MR) is 349 cm³/mol. The summed E-state index contributed by atoms with van der Waals surface area (Å²) < 4.78 is 213. The molecule has 0 amide bonds. The molecule has 0 aliphatic heterocycles. The quantitative estimate of drug-likeness (QED) is 0.00748. The van der Waals surface area contributed by atoms with Crippen LogP contribution in [0.25, 0.3) is 32.3 Å². The molecule has 0 spiro atoms. The van der Waals surface area contributed by atoms with E-state index in [1.807, 2.05) is 0 Å². The minimum atomic E-state index is -5.26. The molecular weight excluding hydrogens is 1540 g/mol. The zero-order valence-corrected chi connectivity index (χ0v) is 56.4. The lowest BCUT2D eigenvalue weighted by molar-refractivity contribution is -0.432. The number of nitrogens with zero attached hydrogens (tertiary/aromatic N) is 10. The van der Waals surface area contributed by atoms with E-state index in [0.717, 1.165) is 66.7 Å². The Morgan fingerprint density at radius 2 is 0.950 bits per heavy atom. The number of aromatic nitrogens is 6. The lowest BCUT2D eigenvalue weighted by Crippen LogP contribution is -2.15. The van der Waals surface area contributed by atoms with Crippen LogP contribution in [0.1, 0.15) is 0 Å². The molecule has 10 aromatic rings. The number of azo groups is 2. The van der Waals surface area contributed by atoms with Crippen molar-refractivity contribution in [3.63, 3.8) is 0 Å². The average molecular weight is 1580 g/mol. The first-order valence-corrected chi connectivity index (χ1v) is 37.2. The second-order valence-electron chi connectivity index (χ2n) is 19.5. The van der Waals surface area contributed by atoms with Crippen LogP contribution in [0.2, 0.25) is 10.6 Å². The number of hydrogen-bond acceptors (Lipinski definition) is 37. The van der Waals surface area contributed by atoms with Crippen LogP contribution in [0, 0.1) is 0 Å². The minimum Gasteiger partial charge on any atom is -0.505 e. The molecule has 10 rings (SSSR count). The molecule has 0 saturated heterocycles. The summed E-state index contributed by atoms with van der Waals surface area (Å²) in [5.74, 6) is -4.85. The summed E-state index contributed by atoms with van der Waals surface area (Å²) in [6.45, 7) is -0.946. The van der Waals surface area contributed by atoms with E-state index in [1.54, 1.807) is 12.1 Å². The zero-order chi connectivity index (χ0) is 72.4. The molecule has 0 saturated carbocycles. The van der Waals surface area contributed by atoms with E-state index in [1.165, 1.54) is 36.4 Å². The molecule has 2 heterocycles. The number of phenols is 2. The number of hydrogen-bond donors (Lipinski definition) is 13. The first-order chi connectivity index (χ1) is 47.0. The number of halogens is 2. The summed E-state index contributed by atoms with van der Waals surface area (Å²) in [6, 6.07) is 21.5. The zero-order valence-electron chi connectivity index (χ0n) is 48.3. The minimum absolute atomic E-state index is 0.0201. The highest BCUT2D eigenvalue weighted by atomic mass is 35.5. The summed E-state index contributed by atoms with van der Waals surface area (Å²) in [4.78, 5) is 19.8. The van der Waals surface area contributed by atoms with Crippen LogP contribution in [0.15, 0.2) is 170 Å². The maximum atomic E-state index is 13.0. The highest BCUT2D eigenvalue weighted by molar-refractivity contribution is 7.95. The molecule has 0 bridgehead atoms. The van der Waals surface area contributed by atoms with Gasteiger partial charge in [-0.15, -0.1) is 29.1 Å². The average Bonchev–Trinajstić information content (AvgIpc) is 0.762. The second-order valence-corrected chi connectivity index (χ2v) is 30.4. The van der Waals surface area contributed by atoms with E-state index in [-0.39, 0.29) is 66.8 Å². The van der Waals surface area contributed by atoms with Crippen molar-refractivity contribution in [2.24, 2.45) is 20.5 Å². The summed E-state index contributed by atoms with van der Waals surface area (Å²) in [6.07, 6.45) is 0. The predicted octanol–water partition coefficient (Wildman–Crippen LogP) is 10.5. The van der Waals surface area contributed by atoms with Crippen molar-refractivity contribution in [1.82, 2.24) is 29.9 Å². The van der Waals surface area contributed by atoms with E-state index < -0.39 is 183 Å². The maximum absolute atomic E-state index is 13.0. The number of benzene rings is 8. The van der Waals surface area contributed by atoms with Gasteiger partial charge in [0.15, 0.2) is 21.3 Å². The van der Waals surface area contributed by atoms with E-state index >= 15 is 0 Å². The fourth-order valence-electron chi connectivity index (χ4n) is 9.08. The second kappa shape index (κ2) is 29.3. The normalized spacial score (nSPS) is 12.7. The molecule has 8 aromatic carbocycles. The van der Waals surface area contributed by atoms with Gasteiger partial charge in [0, 0.05) is 27.5 Å². The van der Waals surface area contributed by atoms with Gasteiger partial charge in [-0.25, -0.2) is 23.1 Å². The first-order valence-electron chi connectivity index (χ1n) is 26.2. The Morgan fingerprint density at radius 1 is 0.460 bits per heavy atom. The molecule has 0 aliphatic rings. The van der Waals surface area contributed by atoms with E-state index in [4.69, 9.17) is 38.3 Å². The molecule has 40 nitrogen and oxygen atoms in total. The third-order valence-electron chi connectivity index (χ3n) is 13.0. The third kappa shape index (κ3) is 17.6. The van der Waals surface area contributed by atoms with Crippen molar-refractivity contribution in [2.45, 2.75) is 34.3 Å². The van der Waals surface area contributed by atoms with Gasteiger partial charge in [-0.2, -0.15) is 72.0 Å². The Morgan fingerprint density at radius 3 is 1.43 bits per heavy atom. The Balaban J connectivity index is 1.01. The van der Waals surface area contributed by atoms with Gasteiger partial charge in [-0.1, -0.05) is 46.5 Å². The van der Waals surface area contributed by atoms with Gasteiger partial charge in [0.25, 0.3) is 40.5 Å². The van der Waals surface area contributed by atoms with Gasteiger partial charge < -0.3 is 31.5 Å². The van der Waals surface area contributed by atoms with Gasteiger partial charge >= 0.3 is 10.4 Å². The van der Waals surface area contributed by atoms with Gasteiger partial charge in [0.1, 0.15) is 32.5 Å². The van der Waals surface area contributed by atoms with Crippen molar-refractivity contribution >= 4 is 210 Å². The number of fused-ring (bicyclic) bond motifs is 3. The Kier molecular flexibility index (Phi) is 21.6. The molecule has 100 heavy (non-hydrogen) atoms. The van der Waals surface area contributed by atoms with Crippen LogP contribution >= 0.6 is 47.3 Å². The number of nitrogens with one attached hydrogen (secondary N) is 4. The molecule has 0 unspecified atom stereocenters. The van der Waals surface area contributed by atoms with Crippen LogP contribution in [-0.4, -0.2) is 136 Å². The van der Waals surface area contributed by atoms with Crippen LogP contribution in [0.5, 0.6) is 11.5 Å². The monoisotopic (exact) mass is 1570 g/mol. The number of rotatable bonds is 27.